The number of rotatable bonds is 3. The van der Waals surface area contributed by atoms with Gasteiger partial charge in [0.2, 0.25) is 5.95 Å². The second kappa shape index (κ2) is 5.81. The molecule has 0 radical (unpaired) electrons. The summed E-state index contributed by atoms with van der Waals surface area (Å²) in [5.41, 5.74) is 8.68. The van der Waals surface area contributed by atoms with Crippen LogP contribution in [0.5, 0.6) is 0 Å². The van der Waals surface area contributed by atoms with Crippen LogP contribution in [0.1, 0.15) is 5.56 Å². The van der Waals surface area contributed by atoms with E-state index in [4.69, 9.17) is 17.3 Å². The van der Waals surface area contributed by atoms with Gasteiger partial charge in [-0.15, -0.1) is 0 Å². The molecular formula is C16H13ClN4. The minimum Gasteiger partial charge on any atom is -0.368 e. The van der Waals surface area contributed by atoms with Crippen molar-refractivity contribution in [3.8, 4) is 11.3 Å². The number of aromatic nitrogens is 2. The fourth-order valence-corrected chi connectivity index (χ4v) is 2.09. The van der Waals surface area contributed by atoms with Gasteiger partial charge in [0.15, 0.2) is 0 Å². The summed E-state index contributed by atoms with van der Waals surface area (Å²) in [6, 6.07) is 17.3. The average molecular weight is 297 g/mol. The van der Waals surface area contributed by atoms with Crippen LogP contribution in [-0.2, 0) is 0 Å². The lowest BCUT2D eigenvalue weighted by Gasteiger charge is -2.03. The van der Waals surface area contributed by atoms with E-state index in [1.807, 2.05) is 54.6 Å². The maximum absolute atomic E-state index is 5.88. The topological polar surface area (TPSA) is 56.2 Å². The van der Waals surface area contributed by atoms with Gasteiger partial charge in [-0.2, -0.15) is 9.78 Å². The Balaban J connectivity index is 1.96. The highest BCUT2D eigenvalue weighted by Crippen LogP contribution is 2.21. The van der Waals surface area contributed by atoms with Gasteiger partial charge in [-0.25, -0.2) is 4.98 Å². The van der Waals surface area contributed by atoms with Crippen LogP contribution in [0.2, 0.25) is 5.02 Å². The van der Waals surface area contributed by atoms with Gasteiger partial charge in [0.05, 0.1) is 18.1 Å². The summed E-state index contributed by atoms with van der Waals surface area (Å²) in [5, 5.41) is 5.10. The van der Waals surface area contributed by atoms with Gasteiger partial charge < -0.3 is 5.73 Å². The summed E-state index contributed by atoms with van der Waals surface area (Å²) in [4.78, 5) is 4.13. The van der Waals surface area contributed by atoms with Gasteiger partial charge in [0.1, 0.15) is 0 Å². The lowest BCUT2D eigenvalue weighted by atomic mass is 10.2. The Kier molecular flexibility index (Phi) is 3.71. The largest absolute Gasteiger partial charge is 0.368 e. The standard InChI is InChI=1S/C16H13ClN4/c17-14-8-6-12(7-9-14)10-20-21-15(11-19-16(21)18)13-4-2-1-3-5-13/h1-11H,(H2,18,19). The van der Waals surface area contributed by atoms with E-state index in [0.29, 0.717) is 11.0 Å². The van der Waals surface area contributed by atoms with Gasteiger partial charge >= 0.3 is 0 Å². The predicted molar refractivity (Wildman–Crippen MR) is 86.5 cm³/mol. The lowest BCUT2D eigenvalue weighted by Crippen LogP contribution is -2.00. The molecule has 0 aliphatic heterocycles. The van der Waals surface area contributed by atoms with Crippen LogP contribution >= 0.6 is 11.6 Å². The molecule has 3 rings (SSSR count). The maximum atomic E-state index is 5.88. The van der Waals surface area contributed by atoms with Crippen molar-refractivity contribution < 1.29 is 0 Å². The molecule has 0 amide bonds. The summed E-state index contributed by atoms with van der Waals surface area (Å²) in [7, 11) is 0. The fourth-order valence-electron chi connectivity index (χ4n) is 1.96. The monoisotopic (exact) mass is 296 g/mol. The number of imidazole rings is 1. The summed E-state index contributed by atoms with van der Waals surface area (Å²) in [5.74, 6) is 0.346. The SMILES string of the molecule is Nc1ncc(-c2ccccc2)n1N=Cc1ccc(Cl)cc1. The molecule has 1 aromatic heterocycles. The zero-order valence-corrected chi connectivity index (χ0v) is 11.9. The van der Waals surface area contributed by atoms with E-state index in [1.165, 1.54) is 0 Å². The Bertz CT molecular complexity index is 761. The van der Waals surface area contributed by atoms with Crippen molar-refractivity contribution in [2.75, 3.05) is 5.73 Å². The van der Waals surface area contributed by atoms with Crippen molar-refractivity contribution in [1.82, 2.24) is 9.66 Å². The Morgan fingerprint density at radius 1 is 1.05 bits per heavy atom. The predicted octanol–water partition coefficient (Wildman–Crippen LogP) is 3.67. The van der Waals surface area contributed by atoms with Crippen molar-refractivity contribution in [3.63, 3.8) is 0 Å². The zero-order valence-electron chi connectivity index (χ0n) is 11.1. The van der Waals surface area contributed by atoms with E-state index in [2.05, 4.69) is 10.1 Å². The number of nitrogen functional groups attached to an aromatic ring is 1. The highest BCUT2D eigenvalue weighted by atomic mass is 35.5. The summed E-state index contributed by atoms with van der Waals surface area (Å²) in [6.45, 7) is 0. The molecule has 0 aliphatic carbocycles. The molecule has 0 aliphatic rings. The first-order valence-corrected chi connectivity index (χ1v) is 6.80. The van der Waals surface area contributed by atoms with Crippen LogP contribution in [0.4, 0.5) is 5.95 Å². The Labute approximate surface area is 127 Å². The van der Waals surface area contributed by atoms with Crippen LogP contribution < -0.4 is 5.73 Å². The molecule has 0 spiro atoms. The highest BCUT2D eigenvalue weighted by molar-refractivity contribution is 6.30. The quantitative estimate of drug-likeness (QED) is 0.750. The van der Waals surface area contributed by atoms with E-state index in [-0.39, 0.29) is 0 Å². The molecule has 104 valence electrons. The second-order valence-electron chi connectivity index (χ2n) is 4.48. The van der Waals surface area contributed by atoms with Crippen molar-refractivity contribution >= 4 is 23.8 Å². The van der Waals surface area contributed by atoms with Gasteiger partial charge in [-0.1, -0.05) is 54.1 Å². The van der Waals surface area contributed by atoms with Crippen molar-refractivity contribution in [2.45, 2.75) is 0 Å². The maximum Gasteiger partial charge on any atom is 0.221 e. The van der Waals surface area contributed by atoms with E-state index in [1.54, 1.807) is 17.1 Å². The molecule has 0 saturated heterocycles. The minimum absolute atomic E-state index is 0.346. The van der Waals surface area contributed by atoms with Crippen LogP contribution in [0.15, 0.2) is 65.9 Å². The summed E-state index contributed by atoms with van der Waals surface area (Å²) < 4.78 is 1.62. The third-order valence-corrected chi connectivity index (χ3v) is 3.28. The third-order valence-electron chi connectivity index (χ3n) is 3.03. The Morgan fingerprint density at radius 2 is 1.76 bits per heavy atom. The number of halogens is 1. The molecular weight excluding hydrogens is 284 g/mol. The van der Waals surface area contributed by atoms with Crippen molar-refractivity contribution in [3.05, 3.63) is 71.4 Å². The number of benzene rings is 2. The van der Waals surface area contributed by atoms with E-state index in [0.717, 1.165) is 16.8 Å². The van der Waals surface area contributed by atoms with E-state index in [9.17, 15) is 0 Å². The van der Waals surface area contributed by atoms with E-state index >= 15 is 0 Å². The Morgan fingerprint density at radius 3 is 2.48 bits per heavy atom. The summed E-state index contributed by atoms with van der Waals surface area (Å²) in [6.07, 6.45) is 3.44. The summed E-state index contributed by atoms with van der Waals surface area (Å²) >= 11 is 5.86. The first kappa shape index (κ1) is 13.4. The molecule has 5 heteroatoms. The number of nitrogens with two attached hydrogens (primary N) is 1. The van der Waals surface area contributed by atoms with Gasteiger partial charge in [-0.3, -0.25) is 0 Å². The first-order valence-electron chi connectivity index (χ1n) is 6.42. The van der Waals surface area contributed by atoms with Gasteiger partial charge in [0, 0.05) is 10.6 Å². The zero-order chi connectivity index (χ0) is 14.7. The molecule has 2 N–H and O–H groups in total. The number of nitrogens with zero attached hydrogens (tertiary/aromatic N) is 3. The number of anilines is 1. The molecule has 0 atom stereocenters. The molecule has 0 saturated carbocycles. The van der Waals surface area contributed by atoms with Crippen LogP contribution in [-0.4, -0.2) is 15.9 Å². The van der Waals surface area contributed by atoms with Crippen LogP contribution in [0.3, 0.4) is 0 Å². The van der Waals surface area contributed by atoms with E-state index < -0.39 is 0 Å². The smallest absolute Gasteiger partial charge is 0.221 e. The van der Waals surface area contributed by atoms with Crippen LogP contribution in [0.25, 0.3) is 11.3 Å². The van der Waals surface area contributed by atoms with Crippen LogP contribution in [0, 0.1) is 0 Å². The molecule has 3 aromatic rings. The average Bonchev–Trinajstić information content (AvgIpc) is 2.89. The fraction of sp³-hybridized carbons (Fsp3) is 0. The number of hydrogen-bond donors (Lipinski definition) is 1. The van der Waals surface area contributed by atoms with Gasteiger partial charge in [-0.05, 0) is 17.7 Å². The molecule has 1 heterocycles. The Hall–Kier alpha value is -2.59. The third kappa shape index (κ3) is 2.95. The second-order valence-corrected chi connectivity index (χ2v) is 4.91. The number of hydrogen-bond acceptors (Lipinski definition) is 3. The van der Waals surface area contributed by atoms with Gasteiger partial charge in [0.25, 0.3) is 0 Å². The molecule has 4 nitrogen and oxygen atoms in total. The van der Waals surface area contributed by atoms with Crippen molar-refractivity contribution in [2.24, 2.45) is 5.10 Å². The molecule has 21 heavy (non-hydrogen) atoms. The lowest BCUT2D eigenvalue weighted by molar-refractivity contribution is 0.906. The first-order chi connectivity index (χ1) is 10.2. The minimum atomic E-state index is 0.346. The molecule has 0 fully saturated rings. The molecule has 0 bridgehead atoms. The normalized spacial score (nSPS) is 11.1. The highest BCUT2D eigenvalue weighted by Gasteiger charge is 2.07. The molecule has 0 unspecified atom stereocenters. The van der Waals surface area contributed by atoms with Crippen molar-refractivity contribution in [1.29, 1.82) is 0 Å². The molecule has 2 aromatic carbocycles.